The number of nitrogens with two attached hydrogens (primary N) is 1. The molecule has 1 aromatic carbocycles. The molecule has 2 N–H and O–H groups in total. The number of carbonyl (C=O) groups is 1. The molecule has 0 aliphatic carbocycles. The third-order valence-electron chi connectivity index (χ3n) is 4.18. The highest BCUT2D eigenvalue weighted by molar-refractivity contribution is 5.95. The lowest BCUT2D eigenvalue weighted by molar-refractivity contribution is -0.142. The number of nitrogens with zero attached hydrogens (tertiary/aromatic N) is 3. The molecule has 1 amide bonds. The number of halogens is 3. The van der Waals surface area contributed by atoms with Crippen molar-refractivity contribution < 1.29 is 18.0 Å². The van der Waals surface area contributed by atoms with Gasteiger partial charge in [-0.1, -0.05) is 6.07 Å². The lowest BCUT2D eigenvalue weighted by Gasteiger charge is -2.17. The lowest BCUT2D eigenvalue weighted by atomic mass is 10.1. The van der Waals surface area contributed by atoms with Crippen LogP contribution >= 0.6 is 0 Å². The summed E-state index contributed by atoms with van der Waals surface area (Å²) in [6.45, 7) is 1.71. The van der Waals surface area contributed by atoms with E-state index in [-0.39, 0.29) is 17.5 Å². The maximum absolute atomic E-state index is 13.0. The van der Waals surface area contributed by atoms with Crippen LogP contribution in [0.2, 0.25) is 0 Å². The second kappa shape index (κ2) is 6.27. The smallest absolute Gasteiger partial charge is 0.338 e. The van der Waals surface area contributed by atoms with Gasteiger partial charge in [0.05, 0.1) is 11.9 Å². The number of aromatic nitrogens is 2. The first-order valence-corrected chi connectivity index (χ1v) is 7.61. The Kier molecular flexibility index (Phi) is 4.31. The number of alkyl halides is 3. The minimum atomic E-state index is -4.51. The van der Waals surface area contributed by atoms with Crippen molar-refractivity contribution in [1.82, 2.24) is 14.7 Å². The SMILES string of the molecule is NC[C@H]1CCN(C(=O)c2cccc(-n3nccc3C(F)(F)F)c2)C1. The molecular weight excluding hydrogens is 321 g/mol. The van der Waals surface area contributed by atoms with Crippen molar-refractivity contribution in [1.29, 1.82) is 0 Å². The molecule has 1 atom stereocenters. The molecule has 2 aromatic rings. The molecule has 128 valence electrons. The van der Waals surface area contributed by atoms with Gasteiger partial charge in [0.25, 0.3) is 5.91 Å². The van der Waals surface area contributed by atoms with Gasteiger partial charge >= 0.3 is 6.18 Å². The van der Waals surface area contributed by atoms with Gasteiger partial charge in [0.2, 0.25) is 0 Å². The van der Waals surface area contributed by atoms with E-state index in [4.69, 9.17) is 5.73 Å². The van der Waals surface area contributed by atoms with Crippen LogP contribution in [-0.2, 0) is 6.18 Å². The van der Waals surface area contributed by atoms with Crippen LogP contribution in [0, 0.1) is 5.92 Å². The van der Waals surface area contributed by atoms with E-state index in [1.807, 2.05) is 0 Å². The van der Waals surface area contributed by atoms with Gasteiger partial charge in [0.1, 0.15) is 5.69 Å². The molecule has 1 aromatic heterocycles. The largest absolute Gasteiger partial charge is 0.433 e. The predicted molar refractivity (Wildman–Crippen MR) is 81.6 cm³/mol. The summed E-state index contributed by atoms with van der Waals surface area (Å²) >= 11 is 0. The molecule has 3 rings (SSSR count). The van der Waals surface area contributed by atoms with Gasteiger partial charge in [0.15, 0.2) is 0 Å². The van der Waals surface area contributed by atoms with Gasteiger partial charge in [-0.25, -0.2) is 4.68 Å². The Balaban J connectivity index is 1.88. The fourth-order valence-electron chi connectivity index (χ4n) is 2.89. The zero-order valence-corrected chi connectivity index (χ0v) is 12.8. The molecule has 24 heavy (non-hydrogen) atoms. The summed E-state index contributed by atoms with van der Waals surface area (Å²) in [6, 6.07) is 6.98. The lowest BCUT2D eigenvalue weighted by Crippen LogP contribution is -2.30. The molecule has 0 bridgehead atoms. The van der Waals surface area contributed by atoms with E-state index in [1.54, 1.807) is 17.0 Å². The zero-order valence-electron chi connectivity index (χ0n) is 12.8. The third kappa shape index (κ3) is 3.14. The molecule has 0 radical (unpaired) electrons. The number of likely N-dealkylation sites (tertiary alicyclic amines) is 1. The molecule has 0 saturated carbocycles. The van der Waals surface area contributed by atoms with E-state index in [2.05, 4.69) is 5.10 Å². The van der Waals surface area contributed by atoms with Gasteiger partial charge in [-0.2, -0.15) is 18.3 Å². The van der Waals surface area contributed by atoms with Crippen LogP contribution in [-0.4, -0.2) is 40.2 Å². The van der Waals surface area contributed by atoms with Gasteiger partial charge in [-0.15, -0.1) is 0 Å². The Morgan fingerprint density at radius 1 is 1.33 bits per heavy atom. The molecule has 1 saturated heterocycles. The summed E-state index contributed by atoms with van der Waals surface area (Å²) < 4.78 is 39.8. The Hall–Kier alpha value is -2.35. The fraction of sp³-hybridized carbons (Fsp3) is 0.375. The number of carbonyl (C=O) groups excluding carboxylic acids is 1. The van der Waals surface area contributed by atoms with Crippen LogP contribution in [0.15, 0.2) is 36.5 Å². The maximum atomic E-state index is 13.0. The molecule has 0 spiro atoms. The van der Waals surface area contributed by atoms with Crippen LogP contribution in [0.3, 0.4) is 0 Å². The van der Waals surface area contributed by atoms with E-state index in [9.17, 15) is 18.0 Å². The number of hydrogen-bond acceptors (Lipinski definition) is 3. The van der Waals surface area contributed by atoms with E-state index in [0.717, 1.165) is 23.4 Å². The Morgan fingerprint density at radius 2 is 2.12 bits per heavy atom. The van der Waals surface area contributed by atoms with Crippen molar-refractivity contribution in [3.05, 3.63) is 47.8 Å². The summed E-state index contributed by atoms with van der Waals surface area (Å²) in [6.07, 6.45) is -2.58. The Bertz CT molecular complexity index is 741. The quantitative estimate of drug-likeness (QED) is 0.934. The van der Waals surface area contributed by atoms with Crippen molar-refractivity contribution in [2.24, 2.45) is 11.7 Å². The summed E-state index contributed by atoms with van der Waals surface area (Å²) in [5, 5.41) is 3.73. The summed E-state index contributed by atoms with van der Waals surface area (Å²) in [5.41, 5.74) is 5.29. The highest BCUT2D eigenvalue weighted by atomic mass is 19.4. The average Bonchev–Trinajstić information content (AvgIpc) is 3.23. The van der Waals surface area contributed by atoms with Crippen molar-refractivity contribution in [2.45, 2.75) is 12.6 Å². The summed E-state index contributed by atoms with van der Waals surface area (Å²) in [7, 11) is 0. The number of rotatable bonds is 3. The third-order valence-corrected chi connectivity index (χ3v) is 4.18. The molecule has 0 unspecified atom stereocenters. The van der Waals surface area contributed by atoms with Gasteiger partial charge in [-0.05, 0) is 43.1 Å². The normalized spacial score (nSPS) is 18.2. The van der Waals surface area contributed by atoms with Crippen molar-refractivity contribution in [3.63, 3.8) is 0 Å². The van der Waals surface area contributed by atoms with Crippen LogP contribution in [0.5, 0.6) is 0 Å². The van der Waals surface area contributed by atoms with Gasteiger partial charge in [-0.3, -0.25) is 4.79 Å². The molecule has 1 fully saturated rings. The first-order chi connectivity index (χ1) is 11.4. The van der Waals surface area contributed by atoms with Crippen LogP contribution in [0.25, 0.3) is 5.69 Å². The zero-order chi connectivity index (χ0) is 17.3. The van der Waals surface area contributed by atoms with Gasteiger partial charge in [0, 0.05) is 18.7 Å². The average molecular weight is 338 g/mol. The molecule has 8 heteroatoms. The van der Waals surface area contributed by atoms with E-state index in [1.165, 1.54) is 12.1 Å². The van der Waals surface area contributed by atoms with Crippen LogP contribution in [0.4, 0.5) is 13.2 Å². The molecular formula is C16H17F3N4O. The number of hydrogen-bond donors (Lipinski definition) is 1. The number of benzene rings is 1. The number of amides is 1. The Labute approximate surface area is 136 Å². The second-order valence-electron chi connectivity index (χ2n) is 5.82. The standard InChI is InChI=1S/C16H17F3N4O/c17-16(18,19)14-4-6-21-23(14)13-3-1-2-12(8-13)15(24)22-7-5-11(9-20)10-22/h1-4,6,8,11H,5,7,9-10,20H2/t11-/m1/s1. The first kappa shape index (κ1) is 16.5. The second-order valence-corrected chi connectivity index (χ2v) is 5.82. The summed E-state index contributed by atoms with van der Waals surface area (Å²) in [4.78, 5) is 14.2. The first-order valence-electron chi connectivity index (χ1n) is 7.61. The van der Waals surface area contributed by atoms with Crippen molar-refractivity contribution in [2.75, 3.05) is 19.6 Å². The highest BCUT2D eigenvalue weighted by Crippen LogP contribution is 2.30. The van der Waals surface area contributed by atoms with E-state index in [0.29, 0.717) is 25.2 Å². The predicted octanol–water partition coefficient (Wildman–Crippen LogP) is 2.31. The minimum Gasteiger partial charge on any atom is -0.338 e. The highest BCUT2D eigenvalue weighted by Gasteiger charge is 2.35. The van der Waals surface area contributed by atoms with Crippen molar-refractivity contribution in [3.8, 4) is 5.69 Å². The van der Waals surface area contributed by atoms with Gasteiger partial charge < -0.3 is 10.6 Å². The molecule has 1 aliphatic rings. The monoisotopic (exact) mass is 338 g/mol. The van der Waals surface area contributed by atoms with E-state index < -0.39 is 11.9 Å². The fourth-order valence-corrected chi connectivity index (χ4v) is 2.89. The topological polar surface area (TPSA) is 64.2 Å². The molecule has 2 heterocycles. The van der Waals surface area contributed by atoms with Crippen molar-refractivity contribution >= 4 is 5.91 Å². The molecule has 1 aliphatic heterocycles. The Morgan fingerprint density at radius 3 is 2.79 bits per heavy atom. The van der Waals surface area contributed by atoms with Crippen LogP contribution in [0.1, 0.15) is 22.5 Å². The minimum absolute atomic E-state index is 0.200. The van der Waals surface area contributed by atoms with Crippen LogP contribution < -0.4 is 5.73 Å². The van der Waals surface area contributed by atoms with E-state index >= 15 is 0 Å². The molecule has 5 nitrogen and oxygen atoms in total. The summed E-state index contributed by atoms with van der Waals surface area (Å²) in [5.74, 6) is 0.0774. The maximum Gasteiger partial charge on any atom is 0.433 e.